The standard InChI is InChI=1S/C27H31OS/c1-27(20-9-4-10-21-27)28-22-19-23-15-17-26(18-16-23)29(24-11-5-2-6-12-24)25-13-7-3-8-14-25/h2-3,5-8,11-18H,4,9-10,19-22H2,1H3/q+1. The van der Waals surface area contributed by atoms with Crippen molar-refractivity contribution in [3.8, 4) is 0 Å². The molecule has 0 spiro atoms. The van der Waals surface area contributed by atoms with E-state index in [-0.39, 0.29) is 16.5 Å². The molecule has 4 rings (SSSR count). The monoisotopic (exact) mass is 403 g/mol. The maximum atomic E-state index is 6.29. The highest BCUT2D eigenvalue weighted by atomic mass is 32.2. The number of ether oxygens (including phenoxy) is 1. The largest absolute Gasteiger partial charge is 0.375 e. The summed E-state index contributed by atoms with van der Waals surface area (Å²) in [6.07, 6.45) is 7.40. The van der Waals surface area contributed by atoms with E-state index in [9.17, 15) is 0 Å². The molecule has 1 aliphatic rings. The van der Waals surface area contributed by atoms with Crippen LogP contribution in [0, 0.1) is 0 Å². The van der Waals surface area contributed by atoms with Crippen molar-refractivity contribution in [2.24, 2.45) is 0 Å². The predicted molar refractivity (Wildman–Crippen MR) is 123 cm³/mol. The summed E-state index contributed by atoms with van der Waals surface area (Å²) in [6.45, 7) is 3.11. The first-order valence-electron chi connectivity index (χ1n) is 10.8. The van der Waals surface area contributed by atoms with Gasteiger partial charge in [0, 0.05) is 0 Å². The van der Waals surface area contributed by atoms with Crippen LogP contribution in [0.2, 0.25) is 0 Å². The van der Waals surface area contributed by atoms with Gasteiger partial charge in [0.2, 0.25) is 0 Å². The fourth-order valence-electron chi connectivity index (χ4n) is 4.17. The zero-order valence-corrected chi connectivity index (χ0v) is 18.2. The summed E-state index contributed by atoms with van der Waals surface area (Å²) in [5.41, 5.74) is 1.46. The minimum atomic E-state index is -0.0705. The van der Waals surface area contributed by atoms with Crippen molar-refractivity contribution in [1.29, 1.82) is 0 Å². The number of hydrogen-bond acceptors (Lipinski definition) is 1. The Balaban J connectivity index is 1.46. The Labute approximate surface area is 178 Å². The smallest absolute Gasteiger partial charge is 0.166 e. The van der Waals surface area contributed by atoms with Crippen molar-refractivity contribution in [3.05, 3.63) is 90.5 Å². The van der Waals surface area contributed by atoms with Gasteiger partial charge in [0.25, 0.3) is 0 Å². The fourth-order valence-corrected chi connectivity index (χ4v) is 6.26. The first kappa shape index (κ1) is 20.3. The van der Waals surface area contributed by atoms with Crippen molar-refractivity contribution >= 4 is 10.9 Å². The predicted octanol–water partition coefficient (Wildman–Crippen LogP) is 7.06. The topological polar surface area (TPSA) is 9.23 Å². The molecule has 0 radical (unpaired) electrons. The minimum Gasteiger partial charge on any atom is -0.375 e. The molecule has 1 nitrogen and oxygen atoms in total. The number of benzene rings is 3. The highest BCUT2D eigenvalue weighted by Crippen LogP contribution is 2.32. The Morgan fingerprint density at radius 3 is 1.76 bits per heavy atom. The molecule has 2 heteroatoms. The third kappa shape index (κ3) is 5.32. The summed E-state index contributed by atoms with van der Waals surface area (Å²) in [4.78, 5) is 4.09. The van der Waals surface area contributed by atoms with Gasteiger partial charge in [0.05, 0.1) is 23.1 Å². The lowest BCUT2D eigenvalue weighted by Gasteiger charge is -2.33. The van der Waals surface area contributed by atoms with Crippen molar-refractivity contribution in [1.82, 2.24) is 0 Å². The van der Waals surface area contributed by atoms with Crippen LogP contribution >= 0.6 is 0 Å². The second-order valence-corrected chi connectivity index (χ2v) is 10.2. The number of rotatable bonds is 7. The van der Waals surface area contributed by atoms with Crippen LogP contribution in [-0.4, -0.2) is 12.2 Å². The third-order valence-corrected chi connectivity index (χ3v) is 8.10. The minimum absolute atomic E-state index is 0.0705. The van der Waals surface area contributed by atoms with Crippen LogP contribution in [0.25, 0.3) is 0 Å². The molecule has 1 fully saturated rings. The van der Waals surface area contributed by atoms with Crippen LogP contribution in [0.1, 0.15) is 44.6 Å². The van der Waals surface area contributed by atoms with Crippen molar-refractivity contribution < 1.29 is 4.74 Å². The quantitative estimate of drug-likeness (QED) is 0.384. The summed E-state index contributed by atoms with van der Waals surface area (Å²) in [5, 5.41) is 0. The molecule has 150 valence electrons. The van der Waals surface area contributed by atoms with Gasteiger partial charge in [-0.3, -0.25) is 0 Å². The van der Waals surface area contributed by atoms with E-state index in [0.29, 0.717) is 0 Å². The molecule has 0 bridgehead atoms. The molecule has 3 aromatic carbocycles. The first-order valence-corrected chi connectivity index (χ1v) is 12.0. The summed E-state index contributed by atoms with van der Waals surface area (Å²) in [6, 6.07) is 30.9. The molecular weight excluding hydrogens is 372 g/mol. The van der Waals surface area contributed by atoms with Gasteiger partial charge in [-0.2, -0.15) is 0 Å². The second kappa shape index (κ2) is 9.65. The lowest BCUT2D eigenvalue weighted by molar-refractivity contribution is -0.0547. The fraction of sp³-hybridized carbons (Fsp3) is 0.333. The van der Waals surface area contributed by atoms with Gasteiger partial charge in [0.1, 0.15) is 0 Å². The van der Waals surface area contributed by atoms with Gasteiger partial charge in [-0.15, -0.1) is 0 Å². The lowest BCUT2D eigenvalue weighted by atomic mass is 9.86. The van der Waals surface area contributed by atoms with Gasteiger partial charge >= 0.3 is 0 Å². The van der Waals surface area contributed by atoms with E-state index in [0.717, 1.165) is 13.0 Å². The second-order valence-electron chi connectivity index (χ2n) is 8.19. The van der Waals surface area contributed by atoms with Crippen LogP contribution in [-0.2, 0) is 22.1 Å². The summed E-state index contributed by atoms with van der Waals surface area (Å²) in [5.74, 6) is 0. The van der Waals surface area contributed by atoms with E-state index < -0.39 is 0 Å². The Morgan fingerprint density at radius 1 is 0.690 bits per heavy atom. The summed E-state index contributed by atoms with van der Waals surface area (Å²) in [7, 11) is -0.0705. The van der Waals surface area contributed by atoms with Gasteiger partial charge in [-0.05, 0) is 68.1 Å². The van der Waals surface area contributed by atoms with E-state index in [4.69, 9.17) is 4.74 Å². The molecule has 29 heavy (non-hydrogen) atoms. The third-order valence-electron chi connectivity index (χ3n) is 5.87. The molecule has 0 aromatic heterocycles. The summed E-state index contributed by atoms with van der Waals surface area (Å²) >= 11 is 0. The highest BCUT2D eigenvalue weighted by molar-refractivity contribution is 7.97. The normalized spacial score (nSPS) is 16.1. The molecule has 0 atom stereocenters. The number of hydrogen-bond donors (Lipinski definition) is 0. The SMILES string of the molecule is CC1(OCCc2ccc([S+](c3ccccc3)c3ccccc3)cc2)CCCCC1. The first-order chi connectivity index (χ1) is 14.2. The molecule has 1 saturated carbocycles. The molecule has 0 amide bonds. The van der Waals surface area contributed by atoms with Crippen LogP contribution in [0.15, 0.2) is 99.6 Å². The molecule has 3 aromatic rings. The molecular formula is C27H31OS+. The molecule has 0 saturated heterocycles. The van der Waals surface area contributed by atoms with Crippen molar-refractivity contribution in [2.45, 2.75) is 65.7 Å². The zero-order valence-electron chi connectivity index (χ0n) is 17.3. The van der Waals surface area contributed by atoms with E-state index in [1.807, 2.05) is 0 Å². The van der Waals surface area contributed by atoms with Crippen LogP contribution in [0.4, 0.5) is 0 Å². The Hall–Kier alpha value is -2.03. The Morgan fingerprint density at radius 2 is 1.21 bits per heavy atom. The molecule has 0 heterocycles. The molecule has 0 aliphatic heterocycles. The van der Waals surface area contributed by atoms with Gasteiger partial charge < -0.3 is 4.74 Å². The average molecular weight is 404 g/mol. The van der Waals surface area contributed by atoms with E-state index in [1.165, 1.54) is 52.4 Å². The molecule has 1 aliphatic carbocycles. The molecule has 0 unspecified atom stereocenters. The van der Waals surface area contributed by atoms with E-state index >= 15 is 0 Å². The van der Waals surface area contributed by atoms with E-state index in [2.05, 4.69) is 91.9 Å². The van der Waals surface area contributed by atoms with Crippen LogP contribution < -0.4 is 0 Å². The summed E-state index contributed by atoms with van der Waals surface area (Å²) < 4.78 is 6.29. The van der Waals surface area contributed by atoms with Gasteiger partial charge in [0.15, 0.2) is 14.7 Å². The zero-order chi connectivity index (χ0) is 19.9. The van der Waals surface area contributed by atoms with Crippen LogP contribution in [0.3, 0.4) is 0 Å². The van der Waals surface area contributed by atoms with Crippen molar-refractivity contribution in [3.63, 3.8) is 0 Å². The van der Waals surface area contributed by atoms with Crippen molar-refractivity contribution in [2.75, 3.05) is 6.61 Å². The maximum absolute atomic E-state index is 6.29. The van der Waals surface area contributed by atoms with Crippen LogP contribution in [0.5, 0.6) is 0 Å². The van der Waals surface area contributed by atoms with Gasteiger partial charge in [-0.1, -0.05) is 67.8 Å². The molecule has 0 N–H and O–H groups in total. The lowest BCUT2D eigenvalue weighted by Crippen LogP contribution is -2.32. The average Bonchev–Trinajstić information content (AvgIpc) is 2.77. The maximum Gasteiger partial charge on any atom is 0.166 e. The van der Waals surface area contributed by atoms with E-state index in [1.54, 1.807) is 0 Å². The Bertz CT molecular complexity index is 828. The van der Waals surface area contributed by atoms with Gasteiger partial charge in [-0.25, -0.2) is 0 Å². The Kier molecular flexibility index (Phi) is 6.74. The highest BCUT2D eigenvalue weighted by Gasteiger charge is 2.29.